The molecule has 0 bridgehead atoms. The molecule has 3 heteroatoms. The van der Waals surface area contributed by atoms with Gasteiger partial charge in [0.1, 0.15) is 6.04 Å². The second-order valence-corrected chi connectivity index (χ2v) is 5.21. The van der Waals surface area contributed by atoms with Gasteiger partial charge < -0.3 is 10.6 Å². The fourth-order valence-corrected chi connectivity index (χ4v) is 2.58. The van der Waals surface area contributed by atoms with Gasteiger partial charge in [-0.2, -0.15) is 0 Å². The highest BCUT2D eigenvalue weighted by molar-refractivity contribution is 6.03. The Balaban J connectivity index is 1.71. The number of amides is 1. The van der Waals surface area contributed by atoms with Crippen LogP contribution in [0.5, 0.6) is 0 Å². The van der Waals surface area contributed by atoms with Gasteiger partial charge in [-0.25, -0.2) is 0 Å². The Bertz CT molecular complexity index is 622. The monoisotopic (exact) mass is 266 g/mol. The predicted molar refractivity (Wildman–Crippen MR) is 82.0 cm³/mol. The molecule has 102 valence electrons. The molecule has 1 unspecified atom stereocenters. The van der Waals surface area contributed by atoms with Crippen molar-refractivity contribution in [1.82, 2.24) is 0 Å². The summed E-state index contributed by atoms with van der Waals surface area (Å²) in [7, 11) is 0. The highest BCUT2D eigenvalue weighted by Gasteiger charge is 2.25. The molecule has 2 N–H and O–H groups in total. The standard InChI is InChI=1S/C17H18N2O/c1-12-6-5-9-14-16(12)19-17(20)15(18-14)11-10-13-7-3-2-4-8-13/h2-9,15,18H,10-11H2,1H3,(H,19,20). The molecule has 3 rings (SSSR count). The van der Waals surface area contributed by atoms with Gasteiger partial charge in [-0.3, -0.25) is 4.79 Å². The number of nitrogens with one attached hydrogen (secondary N) is 2. The zero-order valence-corrected chi connectivity index (χ0v) is 11.5. The van der Waals surface area contributed by atoms with Gasteiger partial charge in [0.05, 0.1) is 11.4 Å². The number of anilines is 2. The summed E-state index contributed by atoms with van der Waals surface area (Å²) in [4.78, 5) is 12.2. The molecular formula is C17H18N2O. The smallest absolute Gasteiger partial charge is 0.246 e. The first kappa shape index (κ1) is 12.7. The van der Waals surface area contributed by atoms with Crippen LogP contribution in [0.25, 0.3) is 0 Å². The molecule has 0 fully saturated rings. The van der Waals surface area contributed by atoms with Crippen molar-refractivity contribution in [1.29, 1.82) is 0 Å². The summed E-state index contributed by atoms with van der Waals surface area (Å²) in [6, 6.07) is 16.1. The maximum absolute atomic E-state index is 12.2. The zero-order chi connectivity index (χ0) is 13.9. The number of fused-ring (bicyclic) bond motifs is 1. The second kappa shape index (κ2) is 5.37. The molecule has 0 aliphatic carbocycles. The SMILES string of the molecule is Cc1cccc2c1NC(=O)C(CCc1ccccc1)N2. The van der Waals surface area contributed by atoms with Gasteiger partial charge in [-0.15, -0.1) is 0 Å². The average Bonchev–Trinajstić information content (AvgIpc) is 2.47. The Hall–Kier alpha value is -2.29. The number of carbonyl (C=O) groups is 1. The largest absolute Gasteiger partial charge is 0.372 e. The lowest BCUT2D eigenvalue weighted by atomic mass is 10.0. The van der Waals surface area contributed by atoms with Crippen molar-refractivity contribution in [3.63, 3.8) is 0 Å². The van der Waals surface area contributed by atoms with Gasteiger partial charge in [0.2, 0.25) is 5.91 Å². The molecule has 3 nitrogen and oxygen atoms in total. The van der Waals surface area contributed by atoms with Crippen molar-refractivity contribution in [2.75, 3.05) is 10.6 Å². The molecule has 1 aliphatic rings. The van der Waals surface area contributed by atoms with E-state index in [0.717, 1.165) is 29.8 Å². The van der Waals surface area contributed by atoms with E-state index < -0.39 is 0 Å². The van der Waals surface area contributed by atoms with E-state index in [1.165, 1.54) is 5.56 Å². The van der Waals surface area contributed by atoms with Crippen molar-refractivity contribution in [3.05, 3.63) is 59.7 Å². The Morgan fingerprint density at radius 1 is 1.05 bits per heavy atom. The third kappa shape index (κ3) is 2.52. The molecule has 1 aliphatic heterocycles. The molecule has 0 aromatic heterocycles. The lowest BCUT2D eigenvalue weighted by Gasteiger charge is -2.28. The summed E-state index contributed by atoms with van der Waals surface area (Å²) in [5.74, 6) is 0.0581. The van der Waals surface area contributed by atoms with Crippen molar-refractivity contribution in [3.8, 4) is 0 Å². The van der Waals surface area contributed by atoms with Crippen LogP contribution in [-0.4, -0.2) is 11.9 Å². The normalized spacial score (nSPS) is 17.1. The van der Waals surface area contributed by atoms with E-state index in [2.05, 4.69) is 22.8 Å². The van der Waals surface area contributed by atoms with E-state index in [9.17, 15) is 4.79 Å². The highest BCUT2D eigenvalue weighted by Crippen LogP contribution is 2.30. The van der Waals surface area contributed by atoms with Gasteiger partial charge in [-0.1, -0.05) is 42.5 Å². The van der Waals surface area contributed by atoms with Crippen LogP contribution in [0.2, 0.25) is 0 Å². The minimum absolute atomic E-state index is 0.0581. The van der Waals surface area contributed by atoms with Crippen LogP contribution in [0.1, 0.15) is 17.5 Å². The lowest BCUT2D eigenvalue weighted by Crippen LogP contribution is -2.39. The Labute approximate surface area is 119 Å². The van der Waals surface area contributed by atoms with E-state index in [4.69, 9.17) is 0 Å². The molecule has 0 spiro atoms. The third-order valence-electron chi connectivity index (χ3n) is 3.73. The van der Waals surface area contributed by atoms with Crippen LogP contribution in [0, 0.1) is 6.92 Å². The summed E-state index contributed by atoms with van der Waals surface area (Å²) in [6.07, 6.45) is 1.69. The van der Waals surface area contributed by atoms with Gasteiger partial charge >= 0.3 is 0 Å². The fraction of sp³-hybridized carbons (Fsp3) is 0.235. The minimum atomic E-state index is -0.162. The van der Waals surface area contributed by atoms with E-state index in [1.807, 2.05) is 43.3 Å². The van der Waals surface area contributed by atoms with Crippen molar-refractivity contribution < 1.29 is 4.79 Å². The molecular weight excluding hydrogens is 248 g/mol. The van der Waals surface area contributed by atoms with E-state index in [-0.39, 0.29) is 11.9 Å². The van der Waals surface area contributed by atoms with Crippen LogP contribution in [0.3, 0.4) is 0 Å². The summed E-state index contributed by atoms with van der Waals surface area (Å²) >= 11 is 0. The summed E-state index contributed by atoms with van der Waals surface area (Å²) in [5, 5.41) is 6.36. The van der Waals surface area contributed by atoms with Crippen molar-refractivity contribution in [2.24, 2.45) is 0 Å². The first-order valence-electron chi connectivity index (χ1n) is 6.95. The van der Waals surface area contributed by atoms with Crippen LogP contribution >= 0.6 is 0 Å². The zero-order valence-electron chi connectivity index (χ0n) is 11.5. The number of aryl methyl sites for hydroxylation is 2. The molecule has 1 heterocycles. The van der Waals surface area contributed by atoms with Crippen molar-refractivity contribution in [2.45, 2.75) is 25.8 Å². The van der Waals surface area contributed by atoms with Gasteiger partial charge in [0.25, 0.3) is 0 Å². The van der Waals surface area contributed by atoms with Gasteiger partial charge in [0.15, 0.2) is 0 Å². The van der Waals surface area contributed by atoms with Crippen LogP contribution < -0.4 is 10.6 Å². The average molecular weight is 266 g/mol. The lowest BCUT2D eigenvalue weighted by molar-refractivity contribution is -0.117. The summed E-state index contributed by atoms with van der Waals surface area (Å²) in [5.41, 5.74) is 4.28. The first-order chi connectivity index (χ1) is 9.74. The fourth-order valence-electron chi connectivity index (χ4n) is 2.58. The topological polar surface area (TPSA) is 41.1 Å². The Morgan fingerprint density at radius 3 is 2.65 bits per heavy atom. The Morgan fingerprint density at radius 2 is 1.85 bits per heavy atom. The second-order valence-electron chi connectivity index (χ2n) is 5.21. The molecule has 0 saturated heterocycles. The molecule has 1 amide bonds. The van der Waals surface area contributed by atoms with Crippen molar-refractivity contribution >= 4 is 17.3 Å². The number of carbonyl (C=O) groups excluding carboxylic acids is 1. The number of rotatable bonds is 3. The molecule has 0 saturated carbocycles. The summed E-state index contributed by atoms with van der Waals surface area (Å²) < 4.78 is 0. The van der Waals surface area contributed by atoms with Crippen LogP contribution in [0.15, 0.2) is 48.5 Å². The molecule has 2 aromatic carbocycles. The number of para-hydroxylation sites is 1. The highest BCUT2D eigenvalue weighted by atomic mass is 16.2. The first-order valence-corrected chi connectivity index (χ1v) is 6.95. The maximum Gasteiger partial charge on any atom is 0.246 e. The number of hydrogen-bond donors (Lipinski definition) is 2. The van der Waals surface area contributed by atoms with Crippen LogP contribution in [0.4, 0.5) is 11.4 Å². The van der Waals surface area contributed by atoms with E-state index in [0.29, 0.717) is 0 Å². The predicted octanol–water partition coefficient (Wildman–Crippen LogP) is 3.36. The molecule has 20 heavy (non-hydrogen) atoms. The maximum atomic E-state index is 12.2. The summed E-state index contributed by atoms with van der Waals surface area (Å²) in [6.45, 7) is 2.01. The number of benzene rings is 2. The third-order valence-corrected chi connectivity index (χ3v) is 3.73. The van der Waals surface area contributed by atoms with E-state index in [1.54, 1.807) is 0 Å². The minimum Gasteiger partial charge on any atom is -0.372 e. The molecule has 2 aromatic rings. The molecule has 1 atom stereocenters. The van der Waals surface area contributed by atoms with E-state index >= 15 is 0 Å². The number of hydrogen-bond acceptors (Lipinski definition) is 2. The van der Waals surface area contributed by atoms with Gasteiger partial charge in [0, 0.05) is 0 Å². The Kier molecular flexibility index (Phi) is 3.42. The van der Waals surface area contributed by atoms with Crippen LogP contribution in [-0.2, 0) is 11.2 Å². The van der Waals surface area contributed by atoms with Gasteiger partial charge in [-0.05, 0) is 37.0 Å². The molecule has 0 radical (unpaired) electrons. The quantitative estimate of drug-likeness (QED) is 0.894.